The van der Waals surface area contributed by atoms with Crippen LogP contribution in [0.3, 0.4) is 0 Å². The van der Waals surface area contributed by atoms with Crippen molar-refractivity contribution in [1.29, 1.82) is 5.26 Å². The Hall–Kier alpha value is -1.60. The number of hydrogen-bond donors (Lipinski definition) is 1. The van der Waals surface area contributed by atoms with E-state index in [1.807, 2.05) is 12.1 Å². The first-order valence-corrected chi connectivity index (χ1v) is 5.58. The molecule has 0 bridgehead atoms. The monoisotopic (exact) mass is 216 g/mol. The molecule has 1 fully saturated rings. The lowest BCUT2D eigenvalue weighted by atomic mass is 9.94. The quantitative estimate of drug-likeness (QED) is 0.764. The van der Waals surface area contributed by atoms with E-state index in [0.29, 0.717) is 11.6 Å². The van der Waals surface area contributed by atoms with E-state index in [2.05, 4.69) is 22.9 Å². The van der Waals surface area contributed by atoms with Crippen LogP contribution in [0.25, 0.3) is 0 Å². The second-order valence-electron chi connectivity index (χ2n) is 4.36. The fourth-order valence-corrected chi connectivity index (χ4v) is 2.06. The molecule has 0 radical (unpaired) electrons. The van der Waals surface area contributed by atoms with E-state index in [-0.39, 0.29) is 6.04 Å². The van der Waals surface area contributed by atoms with Gasteiger partial charge in [0.2, 0.25) is 0 Å². The molecule has 84 valence electrons. The maximum Gasteiger partial charge on any atom is 0.163 e. The Bertz CT molecular complexity index is 410. The predicted octanol–water partition coefficient (Wildman–Crippen LogP) is 1.13. The van der Waals surface area contributed by atoms with E-state index in [0.717, 1.165) is 25.2 Å². The first-order chi connectivity index (χ1) is 7.72. The highest BCUT2D eigenvalue weighted by atomic mass is 15.2. The zero-order chi connectivity index (χ0) is 11.5. The van der Waals surface area contributed by atoms with Gasteiger partial charge in [0.25, 0.3) is 0 Å². The van der Waals surface area contributed by atoms with Crippen LogP contribution in [0, 0.1) is 17.2 Å². The molecule has 1 aliphatic rings. The zero-order valence-corrected chi connectivity index (χ0v) is 9.43. The fraction of sp³-hybridized carbons (Fsp3) is 0.500. The van der Waals surface area contributed by atoms with E-state index in [9.17, 15) is 0 Å². The normalized spacial score (nSPS) is 25.2. The molecule has 0 saturated carbocycles. The van der Waals surface area contributed by atoms with Gasteiger partial charge in [-0.25, -0.2) is 4.98 Å². The minimum absolute atomic E-state index is 0.181. The van der Waals surface area contributed by atoms with Gasteiger partial charge in [-0.1, -0.05) is 6.92 Å². The van der Waals surface area contributed by atoms with Crippen LogP contribution in [0.15, 0.2) is 18.3 Å². The minimum Gasteiger partial charge on any atom is -0.368 e. The zero-order valence-electron chi connectivity index (χ0n) is 9.43. The Balaban J connectivity index is 2.22. The van der Waals surface area contributed by atoms with Crippen LogP contribution in [0.2, 0.25) is 0 Å². The van der Waals surface area contributed by atoms with Gasteiger partial charge in [0.05, 0.1) is 5.69 Å². The summed E-state index contributed by atoms with van der Waals surface area (Å²) in [5.74, 6) is 0.554. The SMILES string of the molecule is CC1CCN(c2cccnc2C#N)CC1N. The third kappa shape index (κ3) is 2.00. The van der Waals surface area contributed by atoms with Gasteiger partial charge in [0, 0.05) is 25.3 Å². The molecule has 2 atom stereocenters. The van der Waals surface area contributed by atoms with Crippen LogP contribution in [0.1, 0.15) is 19.0 Å². The van der Waals surface area contributed by atoms with Crippen LogP contribution >= 0.6 is 0 Å². The van der Waals surface area contributed by atoms with Crippen molar-refractivity contribution in [2.45, 2.75) is 19.4 Å². The summed E-state index contributed by atoms with van der Waals surface area (Å²) in [5.41, 5.74) is 7.45. The van der Waals surface area contributed by atoms with Crippen LogP contribution in [-0.2, 0) is 0 Å². The van der Waals surface area contributed by atoms with E-state index in [1.54, 1.807) is 6.20 Å². The highest BCUT2D eigenvalue weighted by Crippen LogP contribution is 2.24. The van der Waals surface area contributed by atoms with Crippen molar-refractivity contribution in [1.82, 2.24) is 4.98 Å². The number of aromatic nitrogens is 1. The lowest BCUT2D eigenvalue weighted by molar-refractivity contribution is 0.379. The van der Waals surface area contributed by atoms with Gasteiger partial charge in [-0.15, -0.1) is 0 Å². The number of piperidine rings is 1. The number of nitriles is 1. The molecule has 0 spiro atoms. The molecule has 2 rings (SSSR count). The Morgan fingerprint density at radius 2 is 2.44 bits per heavy atom. The summed E-state index contributed by atoms with van der Waals surface area (Å²) in [6, 6.07) is 6.11. The molecule has 4 heteroatoms. The Kier molecular flexibility index (Phi) is 3.07. The summed E-state index contributed by atoms with van der Waals surface area (Å²) in [4.78, 5) is 6.24. The molecule has 2 heterocycles. The van der Waals surface area contributed by atoms with Gasteiger partial charge >= 0.3 is 0 Å². The molecule has 1 aromatic rings. The first-order valence-electron chi connectivity index (χ1n) is 5.58. The minimum atomic E-state index is 0.181. The highest BCUT2D eigenvalue weighted by Gasteiger charge is 2.24. The van der Waals surface area contributed by atoms with Crippen molar-refractivity contribution < 1.29 is 0 Å². The number of rotatable bonds is 1. The lowest BCUT2D eigenvalue weighted by Gasteiger charge is -2.36. The van der Waals surface area contributed by atoms with Crippen LogP contribution < -0.4 is 10.6 Å². The molecule has 1 aliphatic heterocycles. The summed E-state index contributed by atoms with van der Waals surface area (Å²) in [5, 5.41) is 9.00. The van der Waals surface area contributed by atoms with Crippen molar-refractivity contribution >= 4 is 5.69 Å². The van der Waals surface area contributed by atoms with Gasteiger partial charge in [0.15, 0.2) is 5.69 Å². The van der Waals surface area contributed by atoms with Crippen molar-refractivity contribution in [3.63, 3.8) is 0 Å². The second-order valence-corrected chi connectivity index (χ2v) is 4.36. The van der Waals surface area contributed by atoms with Crippen LogP contribution in [0.4, 0.5) is 5.69 Å². The third-order valence-electron chi connectivity index (χ3n) is 3.25. The lowest BCUT2D eigenvalue weighted by Crippen LogP contribution is -2.47. The number of nitrogens with zero attached hydrogens (tertiary/aromatic N) is 3. The summed E-state index contributed by atoms with van der Waals surface area (Å²) in [6.07, 6.45) is 2.72. The molecule has 2 unspecified atom stereocenters. The van der Waals surface area contributed by atoms with Gasteiger partial charge in [-0.05, 0) is 24.5 Å². The number of hydrogen-bond acceptors (Lipinski definition) is 4. The molecular weight excluding hydrogens is 200 g/mol. The first kappa shape index (κ1) is 10.9. The standard InChI is InChI=1S/C12H16N4/c1-9-4-6-16(8-10(9)14)12-3-2-5-15-11(12)7-13/h2-3,5,9-10H,4,6,8,14H2,1H3. The van der Waals surface area contributed by atoms with Crippen molar-refractivity contribution in [2.75, 3.05) is 18.0 Å². The predicted molar refractivity (Wildman–Crippen MR) is 62.9 cm³/mol. The van der Waals surface area contributed by atoms with Gasteiger partial charge < -0.3 is 10.6 Å². The molecule has 1 aromatic heterocycles. The molecule has 2 N–H and O–H groups in total. The topological polar surface area (TPSA) is 65.9 Å². The number of nitrogens with two attached hydrogens (primary N) is 1. The Labute approximate surface area is 95.7 Å². The second kappa shape index (κ2) is 4.50. The molecule has 1 saturated heterocycles. The molecular formula is C12H16N4. The fourth-order valence-electron chi connectivity index (χ4n) is 2.06. The van der Waals surface area contributed by atoms with Crippen molar-refractivity contribution in [3.05, 3.63) is 24.0 Å². The van der Waals surface area contributed by atoms with Crippen molar-refractivity contribution in [3.8, 4) is 6.07 Å². The van der Waals surface area contributed by atoms with Crippen molar-refractivity contribution in [2.24, 2.45) is 11.7 Å². The summed E-state index contributed by atoms with van der Waals surface area (Å²) < 4.78 is 0. The van der Waals surface area contributed by atoms with Crippen LogP contribution in [0.5, 0.6) is 0 Å². The smallest absolute Gasteiger partial charge is 0.163 e. The molecule has 0 amide bonds. The van der Waals surface area contributed by atoms with Gasteiger partial charge in [0.1, 0.15) is 6.07 Å². The molecule has 0 aliphatic carbocycles. The Morgan fingerprint density at radius 3 is 3.12 bits per heavy atom. The third-order valence-corrected chi connectivity index (χ3v) is 3.25. The van der Waals surface area contributed by atoms with Crippen LogP contribution in [-0.4, -0.2) is 24.1 Å². The molecule has 16 heavy (non-hydrogen) atoms. The number of pyridine rings is 1. The number of anilines is 1. The Morgan fingerprint density at radius 1 is 1.62 bits per heavy atom. The van der Waals surface area contributed by atoms with E-state index < -0.39 is 0 Å². The van der Waals surface area contributed by atoms with E-state index in [1.165, 1.54) is 0 Å². The maximum absolute atomic E-state index is 9.00. The molecule has 4 nitrogen and oxygen atoms in total. The largest absolute Gasteiger partial charge is 0.368 e. The average molecular weight is 216 g/mol. The van der Waals surface area contributed by atoms with Gasteiger partial charge in [-0.3, -0.25) is 0 Å². The molecule has 0 aromatic carbocycles. The summed E-state index contributed by atoms with van der Waals surface area (Å²) >= 11 is 0. The van der Waals surface area contributed by atoms with E-state index in [4.69, 9.17) is 11.0 Å². The maximum atomic E-state index is 9.00. The summed E-state index contributed by atoms with van der Waals surface area (Å²) in [6.45, 7) is 3.94. The van der Waals surface area contributed by atoms with E-state index >= 15 is 0 Å². The highest BCUT2D eigenvalue weighted by molar-refractivity contribution is 5.56. The summed E-state index contributed by atoms with van der Waals surface area (Å²) in [7, 11) is 0. The van der Waals surface area contributed by atoms with Gasteiger partial charge in [-0.2, -0.15) is 5.26 Å². The average Bonchev–Trinajstić information content (AvgIpc) is 2.32.